The van der Waals surface area contributed by atoms with E-state index < -0.39 is 18.9 Å². The summed E-state index contributed by atoms with van der Waals surface area (Å²) in [7, 11) is 0. The molecule has 4 heterocycles. The van der Waals surface area contributed by atoms with Crippen LogP contribution in [0.4, 0.5) is 14.7 Å². The average molecular weight is 559 g/mol. The molecule has 0 saturated carbocycles. The van der Waals surface area contributed by atoms with Crippen LogP contribution in [-0.4, -0.2) is 92.6 Å². The van der Waals surface area contributed by atoms with E-state index in [1.807, 2.05) is 12.1 Å². The van der Waals surface area contributed by atoms with Crippen LogP contribution in [0.3, 0.4) is 0 Å². The van der Waals surface area contributed by atoms with E-state index in [-0.39, 0.29) is 51.2 Å². The number of anilines is 1. The predicted octanol–water partition coefficient (Wildman–Crippen LogP) is 2.18. The first-order chi connectivity index (χ1) is 19.4. The maximum Gasteiger partial charge on any atom is 0.329 e. The van der Waals surface area contributed by atoms with Crippen molar-refractivity contribution in [2.24, 2.45) is 0 Å². The van der Waals surface area contributed by atoms with Gasteiger partial charge < -0.3 is 30.2 Å². The SMILES string of the molecule is O=C(O)COCCOCCNC(=O)CCNc1nccc(-c2cn(CC(F)F)nc2-c2cnc3[nH]ccc3c2)n1. The fourth-order valence-electron chi connectivity index (χ4n) is 3.74. The lowest BCUT2D eigenvalue weighted by molar-refractivity contribution is -0.142. The molecule has 0 bridgehead atoms. The van der Waals surface area contributed by atoms with E-state index in [0.717, 1.165) is 5.39 Å². The number of nitrogens with one attached hydrogen (secondary N) is 3. The van der Waals surface area contributed by atoms with Gasteiger partial charge in [-0.15, -0.1) is 0 Å². The molecule has 0 atom stereocenters. The molecule has 4 aromatic heterocycles. The number of amides is 1. The summed E-state index contributed by atoms with van der Waals surface area (Å²) in [5.41, 5.74) is 2.81. The van der Waals surface area contributed by atoms with E-state index in [0.29, 0.717) is 34.7 Å². The Morgan fingerprint density at radius 1 is 1.12 bits per heavy atom. The van der Waals surface area contributed by atoms with Crippen molar-refractivity contribution in [3.05, 3.63) is 43.0 Å². The lowest BCUT2D eigenvalue weighted by atomic mass is 10.1. The number of hydrogen-bond donors (Lipinski definition) is 4. The van der Waals surface area contributed by atoms with Gasteiger partial charge in [-0.05, 0) is 18.2 Å². The maximum absolute atomic E-state index is 13.1. The topological polar surface area (TPSA) is 169 Å². The predicted molar refractivity (Wildman–Crippen MR) is 140 cm³/mol. The van der Waals surface area contributed by atoms with Crippen LogP contribution in [-0.2, 0) is 25.6 Å². The van der Waals surface area contributed by atoms with E-state index in [1.54, 1.807) is 18.5 Å². The standard InChI is InChI=1S/C25H28F2N8O5/c26-20(27)14-35-13-18(23(34-35)17-11-16-1-4-29-24(16)32-12-17)19-2-5-30-25(33-19)31-6-3-21(36)28-7-8-39-9-10-40-15-22(37)38/h1-2,4-5,11-13,20H,3,6-10,14-15H2,(H,28,36)(H,29,32)(H,37,38)(H,30,31,33). The van der Waals surface area contributed by atoms with Crippen LogP contribution < -0.4 is 10.6 Å². The number of pyridine rings is 1. The number of alkyl halides is 2. The van der Waals surface area contributed by atoms with Crippen molar-refractivity contribution in [3.8, 4) is 22.5 Å². The molecule has 13 nitrogen and oxygen atoms in total. The summed E-state index contributed by atoms with van der Waals surface area (Å²) in [6.07, 6.45) is 4.00. The molecular formula is C25H28F2N8O5. The lowest BCUT2D eigenvalue weighted by Gasteiger charge is -2.08. The number of nitrogens with zero attached hydrogens (tertiary/aromatic N) is 5. The summed E-state index contributed by atoms with van der Waals surface area (Å²) in [5, 5.41) is 19.4. The molecule has 0 aliphatic carbocycles. The second kappa shape index (κ2) is 14.0. The largest absolute Gasteiger partial charge is 0.480 e. The molecule has 0 aliphatic heterocycles. The highest BCUT2D eigenvalue weighted by molar-refractivity contribution is 5.85. The molecular weight excluding hydrogens is 530 g/mol. The van der Waals surface area contributed by atoms with Crippen molar-refractivity contribution in [1.29, 1.82) is 0 Å². The second-order valence-corrected chi connectivity index (χ2v) is 8.49. The maximum atomic E-state index is 13.1. The van der Waals surface area contributed by atoms with Crippen LogP contribution in [0.2, 0.25) is 0 Å². The quantitative estimate of drug-likeness (QED) is 0.150. The molecule has 0 aliphatic rings. The number of carboxylic acid groups (broad SMARTS) is 1. The fourth-order valence-corrected chi connectivity index (χ4v) is 3.74. The summed E-state index contributed by atoms with van der Waals surface area (Å²) in [6, 6.07) is 5.38. The van der Waals surface area contributed by atoms with Gasteiger partial charge in [0.15, 0.2) is 0 Å². The monoisotopic (exact) mass is 558 g/mol. The highest BCUT2D eigenvalue weighted by Crippen LogP contribution is 2.31. The number of carbonyl (C=O) groups is 2. The van der Waals surface area contributed by atoms with Gasteiger partial charge in [0.2, 0.25) is 11.9 Å². The first-order valence-corrected chi connectivity index (χ1v) is 12.4. The Hall–Kier alpha value is -4.50. The Bertz CT molecular complexity index is 1430. The number of aliphatic carboxylic acids is 1. The number of aromatic amines is 1. The minimum atomic E-state index is -2.58. The molecule has 40 heavy (non-hydrogen) atoms. The highest BCUT2D eigenvalue weighted by atomic mass is 19.3. The van der Waals surface area contributed by atoms with Crippen LogP contribution >= 0.6 is 0 Å². The Morgan fingerprint density at radius 2 is 1.98 bits per heavy atom. The van der Waals surface area contributed by atoms with Crippen LogP contribution in [0.25, 0.3) is 33.5 Å². The zero-order valence-corrected chi connectivity index (χ0v) is 21.3. The third kappa shape index (κ3) is 8.25. The van der Waals surface area contributed by atoms with Gasteiger partial charge in [-0.1, -0.05) is 0 Å². The molecule has 0 unspecified atom stereocenters. The summed E-state index contributed by atoms with van der Waals surface area (Å²) in [4.78, 5) is 38.5. The minimum Gasteiger partial charge on any atom is -0.480 e. The molecule has 0 saturated heterocycles. The highest BCUT2D eigenvalue weighted by Gasteiger charge is 2.18. The van der Waals surface area contributed by atoms with Gasteiger partial charge in [0, 0.05) is 60.8 Å². The fraction of sp³-hybridized carbons (Fsp3) is 0.360. The summed E-state index contributed by atoms with van der Waals surface area (Å²) in [6.45, 7) is 0.222. The van der Waals surface area contributed by atoms with Gasteiger partial charge in [-0.3, -0.25) is 9.48 Å². The molecule has 212 valence electrons. The van der Waals surface area contributed by atoms with Crippen molar-refractivity contribution < 1.29 is 33.0 Å². The summed E-state index contributed by atoms with van der Waals surface area (Å²) >= 11 is 0. The van der Waals surface area contributed by atoms with Crippen LogP contribution in [0.5, 0.6) is 0 Å². The third-order valence-corrected chi connectivity index (χ3v) is 5.49. The van der Waals surface area contributed by atoms with Gasteiger partial charge in [0.25, 0.3) is 6.43 Å². The number of aromatic nitrogens is 6. The second-order valence-electron chi connectivity index (χ2n) is 8.49. The average Bonchev–Trinajstić information content (AvgIpc) is 3.56. The number of halogens is 2. The molecule has 15 heteroatoms. The van der Waals surface area contributed by atoms with E-state index in [2.05, 4.69) is 35.7 Å². The van der Waals surface area contributed by atoms with E-state index >= 15 is 0 Å². The Balaban J connectivity index is 1.32. The van der Waals surface area contributed by atoms with E-state index in [9.17, 15) is 18.4 Å². The Kier molecular flexibility index (Phi) is 10.0. The summed E-state index contributed by atoms with van der Waals surface area (Å²) < 4.78 is 37.5. The van der Waals surface area contributed by atoms with Crippen LogP contribution in [0.15, 0.2) is 43.0 Å². The van der Waals surface area contributed by atoms with Gasteiger partial charge >= 0.3 is 5.97 Å². The minimum absolute atomic E-state index is 0.148. The lowest BCUT2D eigenvalue weighted by Crippen LogP contribution is -2.29. The Labute approximate surface area is 226 Å². The van der Waals surface area contributed by atoms with Crippen molar-refractivity contribution in [1.82, 2.24) is 35.0 Å². The smallest absolute Gasteiger partial charge is 0.329 e. The first-order valence-electron chi connectivity index (χ1n) is 12.4. The van der Waals surface area contributed by atoms with Crippen molar-refractivity contribution in [2.45, 2.75) is 19.4 Å². The number of rotatable bonds is 16. The van der Waals surface area contributed by atoms with Crippen molar-refractivity contribution in [3.63, 3.8) is 0 Å². The number of carboxylic acids is 1. The van der Waals surface area contributed by atoms with Crippen molar-refractivity contribution in [2.75, 3.05) is 44.8 Å². The van der Waals surface area contributed by atoms with Gasteiger partial charge in [0.05, 0.1) is 25.5 Å². The zero-order chi connectivity index (χ0) is 28.3. The number of H-pyrrole nitrogens is 1. The first kappa shape index (κ1) is 28.5. The normalized spacial score (nSPS) is 11.3. The number of hydrogen-bond acceptors (Lipinski definition) is 9. The van der Waals surface area contributed by atoms with E-state index in [4.69, 9.17) is 14.6 Å². The number of fused-ring (bicyclic) bond motifs is 1. The molecule has 0 spiro atoms. The molecule has 0 fully saturated rings. The van der Waals surface area contributed by atoms with Gasteiger partial charge in [-0.25, -0.2) is 28.5 Å². The molecule has 1 amide bonds. The molecule has 0 radical (unpaired) electrons. The van der Waals surface area contributed by atoms with Gasteiger partial charge in [0.1, 0.15) is 24.5 Å². The number of ether oxygens (including phenoxy) is 2. The Morgan fingerprint density at radius 3 is 2.80 bits per heavy atom. The van der Waals surface area contributed by atoms with Gasteiger partial charge in [-0.2, -0.15) is 5.10 Å². The molecule has 4 rings (SSSR count). The summed E-state index contributed by atoms with van der Waals surface area (Å²) in [5.74, 6) is -0.994. The van der Waals surface area contributed by atoms with Crippen LogP contribution in [0, 0.1) is 0 Å². The molecule has 0 aromatic carbocycles. The molecule has 4 N–H and O–H groups in total. The van der Waals surface area contributed by atoms with E-state index in [1.165, 1.54) is 17.1 Å². The zero-order valence-electron chi connectivity index (χ0n) is 21.3. The van der Waals surface area contributed by atoms with Crippen LogP contribution in [0.1, 0.15) is 6.42 Å². The van der Waals surface area contributed by atoms with Crippen molar-refractivity contribution >= 4 is 28.9 Å². The third-order valence-electron chi connectivity index (χ3n) is 5.49. The molecule has 4 aromatic rings. The number of carbonyl (C=O) groups excluding carboxylic acids is 1.